The van der Waals surface area contributed by atoms with E-state index < -0.39 is 5.60 Å². The molecule has 0 aromatic heterocycles. The van der Waals surface area contributed by atoms with Crippen molar-refractivity contribution in [3.05, 3.63) is 23.8 Å². The maximum Gasteiger partial charge on any atom is 0.130 e. The molecule has 0 saturated heterocycles. The van der Waals surface area contributed by atoms with Crippen molar-refractivity contribution < 1.29 is 10.2 Å². The molecule has 2 fully saturated rings. The molecule has 4 aliphatic carbocycles. The Morgan fingerprint density at radius 3 is 2.67 bits per heavy atom. The van der Waals surface area contributed by atoms with Gasteiger partial charge < -0.3 is 10.2 Å². The molecule has 0 aliphatic heterocycles. The molecule has 2 saturated carbocycles. The Bertz CT molecular complexity index is 641. The second-order valence-electron chi connectivity index (χ2n) is 9.31. The lowest BCUT2D eigenvalue weighted by molar-refractivity contribution is -0.0926. The Balaban J connectivity index is 0.00000102. The summed E-state index contributed by atoms with van der Waals surface area (Å²) in [7, 11) is 0. The van der Waals surface area contributed by atoms with Crippen molar-refractivity contribution in [3.63, 3.8) is 0 Å². The molecular weight excluding hydrogens is 332 g/mol. The van der Waals surface area contributed by atoms with Crippen LogP contribution in [0.25, 0.3) is 0 Å². The molecule has 7 atom stereocenters. The van der Waals surface area contributed by atoms with Crippen LogP contribution in [0.5, 0.6) is 0 Å². The first kappa shape index (κ1) is 20.7. The van der Waals surface area contributed by atoms with E-state index in [1.165, 1.54) is 6.42 Å². The number of hydrogen-bond donors (Lipinski definition) is 2. The summed E-state index contributed by atoms with van der Waals surface area (Å²) < 4.78 is 0. The molecule has 7 unspecified atom stereocenters. The quantitative estimate of drug-likeness (QED) is 0.514. The lowest BCUT2D eigenvalue weighted by Crippen LogP contribution is -2.54. The van der Waals surface area contributed by atoms with Gasteiger partial charge in [-0.3, -0.25) is 0 Å². The molecule has 0 spiro atoms. The smallest absolute Gasteiger partial charge is 0.130 e. The molecular formula is C25H38O2. The van der Waals surface area contributed by atoms with Crippen molar-refractivity contribution >= 4 is 0 Å². The van der Waals surface area contributed by atoms with Gasteiger partial charge >= 0.3 is 0 Å². The summed E-state index contributed by atoms with van der Waals surface area (Å²) in [6.45, 7) is 10.3. The second-order valence-corrected chi connectivity index (χ2v) is 9.31. The van der Waals surface area contributed by atoms with Gasteiger partial charge in [-0.15, -0.1) is 13.0 Å². The van der Waals surface area contributed by atoms with Gasteiger partial charge in [-0.05, 0) is 81.5 Å². The summed E-state index contributed by atoms with van der Waals surface area (Å²) in [5.41, 5.74) is 2.09. The lowest BCUT2D eigenvalue weighted by atomic mass is 9.49. The molecule has 0 amide bonds. The summed E-state index contributed by atoms with van der Waals surface area (Å²) in [6.07, 6.45) is 16.7. The molecule has 0 aromatic carbocycles. The summed E-state index contributed by atoms with van der Waals surface area (Å²) >= 11 is 0. The van der Waals surface area contributed by atoms with E-state index in [1.807, 2.05) is 13.8 Å². The van der Waals surface area contributed by atoms with E-state index in [2.05, 4.69) is 25.5 Å². The molecule has 2 heteroatoms. The minimum atomic E-state index is -0.945. The molecule has 4 rings (SSSR count). The lowest BCUT2D eigenvalue weighted by Gasteiger charge is -2.56. The van der Waals surface area contributed by atoms with Crippen LogP contribution in [0.3, 0.4) is 0 Å². The first-order valence-corrected chi connectivity index (χ1v) is 11.1. The second kappa shape index (κ2) is 7.76. The van der Waals surface area contributed by atoms with Gasteiger partial charge in [0.25, 0.3) is 0 Å². The van der Waals surface area contributed by atoms with Crippen LogP contribution in [0.1, 0.15) is 78.6 Å². The van der Waals surface area contributed by atoms with Gasteiger partial charge in [-0.2, -0.15) is 0 Å². The highest BCUT2D eigenvalue weighted by molar-refractivity contribution is 5.31. The van der Waals surface area contributed by atoms with Gasteiger partial charge in [-0.1, -0.05) is 43.9 Å². The standard InChI is InChI=1S/C23H32O2.C2H6/c1-4-6-16-14-22(3)20(11-12-23(22,25)5-2)19-9-7-15-13-17(24)8-10-18(15)21(16)19;1-2/h2,4,16-17,19-21,24-25H,1,6-14H2,3H3;1-2H3. The van der Waals surface area contributed by atoms with Gasteiger partial charge in [0.1, 0.15) is 5.60 Å². The van der Waals surface area contributed by atoms with E-state index in [-0.39, 0.29) is 11.5 Å². The number of terminal acetylenes is 1. The molecule has 2 N–H and O–H groups in total. The topological polar surface area (TPSA) is 40.5 Å². The van der Waals surface area contributed by atoms with Gasteiger partial charge in [0.2, 0.25) is 0 Å². The predicted molar refractivity (Wildman–Crippen MR) is 112 cm³/mol. The number of aliphatic hydroxyl groups is 2. The summed E-state index contributed by atoms with van der Waals surface area (Å²) in [5.74, 6) is 5.10. The molecule has 150 valence electrons. The van der Waals surface area contributed by atoms with E-state index in [0.717, 1.165) is 51.4 Å². The van der Waals surface area contributed by atoms with E-state index in [1.54, 1.807) is 11.1 Å². The third-order valence-corrected chi connectivity index (χ3v) is 8.33. The van der Waals surface area contributed by atoms with Crippen molar-refractivity contribution in [2.24, 2.45) is 29.1 Å². The monoisotopic (exact) mass is 370 g/mol. The van der Waals surface area contributed by atoms with Gasteiger partial charge in [0.05, 0.1) is 6.10 Å². The maximum absolute atomic E-state index is 11.2. The minimum absolute atomic E-state index is 0.139. The average Bonchev–Trinajstić information content (AvgIpc) is 2.94. The van der Waals surface area contributed by atoms with E-state index in [4.69, 9.17) is 6.42 Å². The van der Waals surface area contributed by atoms with Crippen molar-refractivity contribution in [2.45, 2.75) is 90.3 Å². The number of rotatable bonds is 2. The predicted octanol–water partition coefficient (Wildman–Crippen LogP) is 5.26. The van der Waals surface area contributed by atoms with E-state index in [0.29, 0.717) is 23.7 Å². The van der Waals surface area contributed by atoms with Crippen LogP contribution in [-0.2, 0) is 0 Å². The third kappa shape index (κ3) is 3.12. The fraction of sp³-hybridized carbons (Fsp3) is 0.760. The molecule has 4 aliphatic rings. The van der Waals surface area contributed by atoms with E-state index in [9.17, 15) is 10.2 Å². The molecule has 2 nitrogen and oxygen atoms in total. The Hall–Kier alpha value is -1.04. The zero-order chi connectivity index (χ0) is 19.8. The van der Waals surface area contributed by atoms with Crippen LogP contribution in [0.2, 0.25) is 0 Å². The van der Waals surface area contributed by atoms with Crippen molar-refractivity contribution in [2.75, 3.05) is 0 Å². The zero-order valence-corrected chi connectivity index (χ0v) is 17.5. The molecule has 0 bridgehead atoms. The number of aliphatic hydroxyl groups excluding tert-OH is 1. The summed E-state index contributed by atoms with van der Waals surface area (Å²) in [5, 5.41) is 21.3. The van der Waals surface area contributed by atoms with Crippen LogP contribution in [-0.4, -0.2) is 21.9 Å². The largest absolute Gasteiger partial charge is 0.393 e. The highest BCUT2D eigenvalue weighted by atomic mass is 16.3. The van der Waals surface area contributed by atoms with Gasteiger partial charge in [0.15, 0.2) is 0 Å². The number of fused-ring (bicyclic) bond motifs is 4. The Morgan fingerprint density at radius 1 is 1.26 bits per heavy atom. The average molecular weight is 371 g/mol. The minimum Gasteiger partial charge on any atom is -0.393 e. The Morgan fingerprint density at radius 2 is 2.00 bits per heavy atom. The van der Waals surface area contributed by atoms with Crippen molar-refractivity contribution in [3.8, 4) is 12.3 Å². The Labute approximate surface area is 166 Å². The van der Waals surface area contributed by atoms with Crippen molar-refractivity contribution in [1.82, 2.24) is 0 Å². The highest BCUT2D eigenvalue weighted by Crippen LogP contribution is 2.66. The van der Waals surface area contributed by atoms with Crippen LogP contribution in [0.4, 0.5) is 0 Å². The molecule has 0 radical (unpaired) electrons. The molecule has 0 aromatic rings. The normalized spacial score (nSPS) is 45.6. The van der Waals surface area contributed by atoms with Gasteiger partial charge in [0, 0.05) is 5.41 Å². The maximum atomic E-state index is 11.2. The number of hydrogen-bond acceptors (Lipinski definition) is 2. The summed E-state index contributed by atoms with van der Waals surface area (Å²) in [6, 6.07) is 0. The van der Waals surface area contributed by atoms with Gasteiger partial charge in [-0.25, -0.2) is 0 Å². The van der Waals surface area contributed by atoms with Crippen molar-refractivity contribution in [1.29, 1.82) is 0 Å². The van der Waals surface area contributed by atoms with Crippen LogP contribution >= 0.6 is 0 Å². The number of allylic oxidation sites excluding steroid dienone is 2. The summed E-state index contributed by atoms with van der Waals surface area (Å²) in [4.78, 5) is 0. The third-order valence-electron chi connectivity index (χ3n) is 8.33. The first-order valence-electron chi connectivity index (χ1n) is 11.1. The van der Waals surface area contributed by atoms with Crippen LogP contribution < -0.4 is 0 Å². The molecule has 27 heavy (non-hydrogen) atoms. The SMILES string of the molecule is C#CC1(O)CCC2C3CCC4=C(CCC(O)C4)C3C(CC=C)CC21C.CC. The zero-order valence-electron chi connectivity index (χ0n) is 17.5. The fourth-order valence-electron chi connectivity index (χ4n) is 7.18. The Kier molecular flexibility index (Phi) is 5.95. The van der Waals surface area contributed by atoms with E-state index >= 15 is 0 Å². The van der Waals surface area contributed by atoms with Crippen LogP contribution in [0, 0.1) is 41.4 Å². The first-order chi connectivity index (χ1) is 12.9. The van der Waals surface area contributed by atoms with Crippen LogP contribution in [0.15, 0.2) is 23.8 Å². The molecule has 0 heterocycles. The fourth-order valence-corrected chi connectivity index (χ4v) is 7.18. The highest BCUT2D eigenvalue weighted by Gasteiger charge is 2.63.